The van der Waals surface area contributed by atoms with Crippen molar-refractivity contribution in [1.82, 2.24) is 20.3 Å². The van der Waals surface area contributed by atoms with E-state index in [0.717, 1.165) is 52.5 Å². The van der Waals surface area contributed by atoms with Gasteiger partial charge < -0.3 is 15.4 Å². The maximum atomic E-state index is 15.0. The van der Waals surface area contributed by atoms with Crippen LogP contribution in [-0.2, 0) is 4.74 Å². The van der Waals surface area contributed by atoms with E-state index in [9.17, 15) is 4.79 Å². The number of fused-ring (bicyclic) bond motifs is 2. The fourth-order valence-corrected chi connectivity index (χ4v) is 4.94. The molecule has 2 aromatic heterocycles. The van der Waals surface area contributed by atoms with Crippen LogP contribution in [0.3, 0.4) is 0 Å². The largest absolute Gasteiger partial charge is 0.444 e. The quantitative estimate of drug-likeness (QED) is 0.334. The number of aromatic nitrogens is 3. The van der Waals surface area contributed by atoms with Gasteiger partial charge in [0.1, 0.15) is 11.4 Å². The van der Waals surface area contributed by atoms with Crippen molar-refractivity contribution in [1.29, 1.82) is 0 Å². The average molecular weight is 502 g/mol. The molecule has 0 aliphatic heterocycles. The molecule has 1 fully saturated rings. The number of nitrogens with one attached hydrogen (secondary N) is 2. The summed E-state index contributed by atoms with van der Waals surface area (Å²) in [6, 6.07) is 13.1. The highest BCUT2D eigenvalue weighted by Crippen LogP contribution is 2.33. The molecule has 2 aromatic carbocycles. The number of aryl methyl sites for hydroxylation is 2. The van der Waals surface area contributed by atoms with Crippen LogP contribution in [0.25, 0.3) is 32.9 Å². The molecule has 0 bridgehead atoms. The van der Waals surface area contributed by atoms with Gasteiger partial charge in [0, 0.05) is 34.1 Å². The number of halogens is 1. The fourth-order valence-electron chi connectivity index (χ4n) is 4.94. The van der Waals surface area contributed by atoms with Gasteiger partial charge in [0.25, 0.3) is 0 Å². The molecule has 0 spiro atoms. The zero-order chi connectivity index (χ0) is 26.3. The van der Waals surface area contributed by atoms with E-state index >= 15 is 4.39 Å². The molecule has 2 heterocycles. The first-order chi connectivity index (χ1) is 17.6. The molecule has 4 aromatic rings. The number of ether oxygens (including phenoxy) is 1. The maximum Gasteiger partial charge on any atom is 0.407 e. The lowest BCUT2D eigenvalue weighted by Crippen LogP contribution is -2.38. The second kappa shape index (κ2) is 9.57. The molecule has 5 rings (SSSR count). The Balaban J connectivity index is 1.36. The summed E-state index contributed by atoms with van der Waals surface area (Å²) in [6.07, 6.45) is 2.13. The third-order valence-electron chi connectivity index (χ3n) is 6.61. The van der Waals surface area contributed by atoms with Crippen LogP contribution >= 0.6 is 0 Å². The lowest BCUT2D eigenvalue weighted by atomic mass is 9.99. The molecule has 1 saturated carbocycles. The van der Waals surface area contributed by atoms with Gasteiger partial charge in [0.2, 0.25) is 5.95 Å². The van der Waals surface area contributed by atoms with Crippen molar-refractivity contribution in [3.63, 3.8) is 0 Å². The number of hydrogen-bond donors (Lipinski definition) is 2. The number of alkyl carbamates (subject to hydrolysis) is 1. The Bertz CT molecular complexity index is 1490. The van der Waals surface area contributed by atoms with E-state index in [1.165, 1.54) is 6.07 Å². The van der Waals surface area contributed by atoms with E-state index in [2.05, 4.69) is 20.6 Å². The van der Waals surface area contributed by atoms with Crippen LogP contribution in [0.15, 0.2) is 42.5 Å². The number of hydrogen-bond acceptors (Lipinski definition) is 6. The molecule has 1 aliphatic rings. The number of benzene rings is 2. The first kappa shape index (κ1) is 24.9. The van der Waals surface area contributed by atoms with Crippen molar-refractivity contribution in [3.05, 3.63) is 59.7 Å². The van der Waals surface area contributed by atoms with E-state index < -0.39 is 5.60 Å². The number of amides is 1. The van der Waals surface area contributed by atoms with Gasteiger partial charge in [0.15, 0.2) is 0 Å². The van der Waals surface area contributed by atoms with Gasteiger partial charge in [-0.05, 0) is 89.8 Å². The summed E-state index contributed by atoms with van der Waals surface area (Å²) in [5.74, 6) is 0.242. The number of rotatable bonds is 4. The molecule has 2 atom stereocenters. The maximum absolute atomic E-state index is 15.0. The zero-order valence-electron chi connectivity index (χ0n) is 21.9. The first-order valence-electron chi connectivity index (χ1n) is 12.7. The van der Waals surface area contributed by atoms with Crippen molar-refractivity contribution < 1.29 is 13.9 Å². The van der Waals surface area contributed by atoms with Gasteiger partial charge in [-0.15, -0.1) is 0 Å². The van der Waals surface area contributed by atoms with Crippen molar-refractivity contribution >= 4 is 33.8 Å². The molecule has 192 valence electrons. The number of carbonyl (C=O) groups excluding carboxylic acids is 1. The highest BCUT2D eigenvalue weighted by Gasteiger charge is 2.28. The van der Waals surface area contributed by atoms with Crippen LogP contribution in [-0.4, -0.2) is 38.7 Å². The Morgan fingerprint density at radius 2 is 1.76 bits per heavy atom. The number of carbonyl (C=O) groups is 1. The third-order valence-corrected chi connectivity index (χ3v) is 6.61. The van der Waals surface area contributed by atoms with Crippen molar-refractivity contribution in [3.8, 4) is 11.1 Å². The Morgan fingerprint density at radius 1 is 1.00 bits per heavy atom. The van der Waals surface area contributed by atoms with E-state index in [1.807, 2.05) is 65.0 Å². The summed E-state index contributed by atoms with van der Waals surface area (Å²) in [6.45, 7) is 9.39. The van der Waals surface area contributed by atoms with Gasteiger partial charge in [-0.25, -0.2) is 19.2 Å². The van der Waals surface area contributed by atoms with Crippen LogP contribution in [0.1, 0.15) is 51.4 Å². The molecular formula is C29H32FN5O2. The van der Waals surface area contributed by atoms with Gasteiger partial charge >= 0.3 is 6.09 Å². The van der Waals surface area contributed by atoms with E-state index in [1.54, 1.807) is 6.07 Å². The molecule has 37 heavy (non-hydrogen) atoms. The van der Waals surface area contributed by atoms with Gasteiger partial charge in [-0.2, -0.15) is 0 Å². The van der Waals surface area contributed by atoms with E-state index in [0.29, 0.717) is 17.0 Å². The predicted molar refractivity (Wildman–Crippen MR) is 144 cm³/mol. The molecule has 7 nitrogen and oxygen atoms in total. The summed E-state index contributed by atoms with van der Waals surface area (Å²) in [4.78, 5) is 26.1. The van der Waals surface area contributed by atoms with Crippen molar-refractivity contribution in [2.75, 3.05) is 5.32 Å². The van der Waals surface area contributed by atoms with Crippen LogP contribution in [0.4, 0.5) is 15.1 Å². The van der Waals surface area contributed by atoms with Crippen LogP contribution in [0.5, 0.6) is 0 Å². The zero-order valence-corrected chi connectivity index (χ0v) is 21.9. The highest BCUT2D eigenvalue weighted by atomic mass is 19.1. The average Bonchev–Trinajstić information content (AvgIpc) is 3.24. The lowest BCUT2D eigenvalue weighted by Gasteiger charge is -2.22. The summed E-state index contributed by atoms with van der Waals surface area (Å²) in [5.41, 5.74) is 3.78. The van der Waals surface area contributed by atoms with Crippen LogP contribution in [0.2, 0.25) is 0 Å². The standard InChI is InChI=1S/C29H32FN5O2/c1-16-6-7-18-8-12-23(30)25(26(18)31-16)19-9-13-24-22(14-19)17(2)32-27(35-24)33-20-10-11-21(15-20)34-28(36)37-29(3,4)5/h6-9,12-14,20-21H,10-11,15H2,1-5H3,(H,34,36)(H,32,33,35)/t20-,21+/m1/s1. The lowest BCUT2D eigenvalue weighted by molar-refractivity contribution is 0.0505. The van der Waals surface area contributed by atoms with Gasteiger partial charge in [-0.1, -0.05) is 12.1 Å². The predicted octanol–water partition coefficient (Wildman–Crippen LogP) is 6.46. The topological polar surface area (TPSA) is 89.0 Å². The smallest absolute Gasteiger partial charge is 0.407 e. The normalized spacial score (nSPS) is 17.8. The van der Waals surface area contributed by atoms with Crippen LogP contribution < -0.4 is 10.6 Å². The second-order valence-electron chi connectivity index (χ2n) is 10.8. The Labute approximate surface area is 215 Å². The number of anilines is 1. The van der Waals surface area contributed by atoms with E-state index in [-0.39, 0.29) is 24.0 Å². The second-order valence-corrected chi connectivity index (χ2v) is 10.8. The van der Waals surface area contributed by atoms with Crippen LogP contribution in [0, 0.1) is 19.7 Å². The summed E-state index contributed by atoms with van der Waals surface area (Å²) in [7, 11) is 0. The molecule has 0 unspecified atom stereocenters. The Kier molecular flexibility index (Phi) is 6.43. The Hall–Kier alpha value is -3.81. The Morgan fingerprint density at radius 3 is 2.54 bits per heavy atom. The van der Waals surface area contributed by atoms with Crippen molar-refractivity contribution in [2.24, 2.45) is 0 Å². The molecular weight excluding hydrogens is 469 g/mol. The van der Waals surface area contributed by atoms with Gasteiger partial charge in [0.05, 0.1) is 16.7 Å². The first-order valence-corrected chi connectivity index (χ1v) is 12.7. The highest BCUT2D eigenvalue weighted by molar-refractivity contribution is 5.97. The minimum absolute atomic E-state index is 0.0456. The molecule has 0 saturated heterocycles. The summed E-state index contributed by atoms with van der Waals surface area (Å²) < 4.78 is 20.4. The fraction of sp³-hybridized carbons (Fsp3) is 0.379. The molecule has 8 heteroatoms. The van der Waals surface area contributed by atoms with Crippen molar-refractivity contribution in [2.45, 2.75) is 71.6 Å². The summed E-state index contributed by atoms with van der Waals surface area (Å²) >= 11 is 0. The number of pyridine rings is 1. The number of nitrogens with zero attached hydrogens (tertiary/aromatic N) is 3. The SMILES string of the molecule is Cc1ccc2ccc(F)c(-c3ccc4nc(N[C@@H]5CC[C@H](NC(=O)OC(C)(C)C)C5)nc(C)c4c3)c2n1. The van der Waals surface area contributed by atoms with E-state index in [4.69, 9.17) is 9.72 Å². The summed E-state index contributed by atoms with van der Waals surface area (Å²) in [5, 5.41) is 8.14. The third kappa shape index (κ3) is 5.48. The van der Waals surface area contributed by atoms with Gasteiger partial charge in [-0.3, -0.25) is 4.98 Å². The molecule has 2 N–H and O–H groups in total. The molecule has 0 radical (unpaired) electrons. The minimum atomic E-state index is -0.522. The monoisotopic (exact) mass is 501 g/mol. The molecule has 1 amide bonds. The molecule has 1 aliphatic carbocycles. The minimum Gasteiger partial charge on any atom is -0.444 e.